The monoisotopic (exact) mass is 417 g/mol. The Labute approximate surface area is 183 Å². The van der Waals surface area contributed by atoms with E-state index in [1.807, 2.05) is 29.2 Å². The van der Waals surface area contributed by atoms with E-state index in [1.54, 1.807) is 0 Å². The molecule has 1 aromatic heterocycles. The lowest BCUT2D eigenvalue weighted by atomic mass is 9.94. The minimum Gasteiger partial charge on any atom is -0.352 e. The maximum Gasteiger partial charge on any atom is 0.273 e. The first-order chi connectivity index (χ1) is 15.2. The number of fused-ring (bicyclic) bond motifs is 2. The summed E-state index contributed by atoms with van der Waals surface area (Å²) < 4.78 is 0. The standard InChI is InChI=1S/C26H31N3O2/c30-25(27-16-15-18-9-3-1-4-10-18)23-20-13-7-8-14-22(20)28-24-21(23)17-29(26(24)31)19-11-5-2-6-12-19/h7-9,13-14,19H,1-6,10-12,15-17H2,(H,27,30). The predicted molar refractivity (Wildman–Crippen MR) is 122 cm³/mol. The molecule has 162 valence electrons. The number of carbonyl (C=O) groups excluding carboxylic acids is 2. The summed E-state index contributed by atoms with van der Waals surface area (Å²) in [7, 11) is 0. The van der Waals surface area contributed by atoms with Crippen LogP contribution in [0, 0.1) is 0 Å². The third-order valence-electron chi connectivity index (χ3n) is 7.14. The fourth-order valence-corrected chi connectivity index (χ4v) is 5.46. The molecule has 2 aliphatic carbocycles. The molecule has 2 amide bonds. The number of hydrogen-bond acceptors (Lipinski definition) is 3. The van der Waals surface area contributed by atoms with Crippen LogP contribution in [0.25, 0.3) is 10.9 Å². The van der Waals surface area contributed by atoms with Crippen molar-refractivity contribution in [2.45, 2.75) is 76.8 Å². The molecule has 1 aliphatic heterocycles. The van der Waals surface area contributed by atoms with Gasteiger partial charge in [-0.3, -0.25) is 9.59 Å². The van der Waals surface area contributed by atoms with E-state index in [-0.39, 0.29) is 17.9 Å². The Kier molecular flexibility index (Phi) is 5.75. The van der Waals surface area contributed by atoms with Gasteiger partial charge in [0.1, 0.15) is 5.69 Å². The quantitative estimate of drug-likeness (QED) is 0.685. The highest BCUT2D eigenvalue weighted by Gasteiger charge is 2.37. The van der Waals surface area contributed by atoms with Crippen LogP contribution in [0.4, 0.5) is 0 Å². The van der Waals surface area contributed by atoms with Crippen molar-refractivity contribution in [3.8, 4) is 0 Å². The summed E-state index contributed by atoms with van der Waals surface area (Å²) in [6, 6.07) is 7.98. The molecule has 5 heteroatoms. The first kappa shape index (κ1) is 20.2. The zero-order valence-electron chi connectivity index (χ0n) is 18.2. The van der Waals surface area contributed by atoms with Crippen molar-refractivity contribution in [3.05, 3.63) is 52.7 Å². The Morgan fingerprint density at radius 2 is 1.94 bits per heavy atom. The van der Waals surface area contributed by atoms with Gasteiger partial charge in [-0.15, -0.1) is 0 Å². The molecule has 3 aliphatic rings. The van der Waals surface area contributed by atoms with Crippen LogP contribution in [0.2, 0.25) is 0 Å². The van der Waals surface area contributed by atoms with E-state index in [2.05, 4.69) is 11.4 Å². The van der Waals surface area contributed by atoms with E-state index in [0.29, 0.717) is 24.3 Å². The van der Waals surface area contributed by atoms with Crippen LogP contribution in [0.1, 0.15) is 90.6 Å². The Balaban J connectivity index is 1.43. The van der Waals surface area contributed by atoms with Crippen LogP contribution in [0.15, 0.2) is 35.9 Å². The maximum atomic E-state index is 13.4. The van der Waals surface area contributed by atoms with Crippen LogP contribution in [-0.4, -0.2) is 34.3 Å². The lowest BCUT2D eigenvalue weighted by Gasteiger charge is -2.30. The number of hydrogen-bond donors (Lipinski definition) is 1. The van der Waals surface area contributed by atoms with E-state index in [9.17, 15) is 9.59 Å². The normalized spacial score (nSPS) is 19.4. The van der Waals surface area contributed by atoms with E-state index in [1.165, 1.54) is 37.7 Å². The topological polar surface area (TPSA) is 62.3 Å². The number of amides is 2. The summed E-state index contributed by atoms with van der Waals surface area (Å²) in [6.45, 7) is 1.14. The number of rotatable bonds is 5. The lowest BCUT2D eigenvalue weighted by Crippen LogP contribution is -2.37. The van der Waals surface area contributed by atoms with Crippen molar-refractivity contribution >= 4 is 22.7 Å². The van der Waals surface area contributed by atoms with Crippen molar-refractivity contribution in [1.82, 2.24) is 15.2 Å². The molecule has 1 aromatic carbocycles. The lowest BCUT2D eigenvalue weighted by molar-refractivity contribution is 0.0655. The van der Waals surface area contributed by atoms with Gasteiger partial charge in [-0.2, -0.15) is 0 Å². The zero-order valence-corrected chi connectivity index (χ0v) is 18.2. The van der Waals surface area contributed by atoms with Crippen molar-refractivity contribution in [2.75, 3.05) is 6.54 Å². The van der Waals surface area contributed by atoms with Crippen LogP contribution in [-0.2, 0) is 6.54 Å². The average Bonchev–Trinajstić information content (AvgIpc) is 3.14. The number of pyridine rings is 1. The summed E-state index contributed by atoms with van der Waals surface area (Å²) in [5, 5.41) is 3.98. The average molecular weight is 418 g/mol. The molecule has 1 fully saturated rings. The van der Waals surface area contributed by atoms with Gasteiger partial charge in [0.25, 0.3) is 11.8 Å². The predicted octanol–water partition coefficient (Wildman–Crippen LogP) is 5.14. The van der Waals surface area contributed by atoms with Gasteiger partial charge in [-0.05, 0) is 51.0 Å². The second-order valence-electron chi connectivity index (χ2n) is 9.17. The molecule has 0 atom stereocenters. The summed E-state index contributed by atoms with van der Waals surface area (Å²) >= 11 is 0. The third kappa shape index (κ3) is 3.98. The number of aromatic nitrogens is 1. The van der Waals surface area contributed by atoms with Gasteiger partial charge in [-0.25, -0.2) is 4.98 Å². The SMILES string of the molecule is O=C(NCCC1=CCCCC1)c1c2c(nc3ccccc13)C(=O)N(C1CCCCC1)C2. The van der Waals surface area contributed by atoms with Crippen molar-refractivity contribution in [3.63, 3.8) is 0 Å². The fraction of sp³-hybridized carbons (Fsp3) is 0.500. The van der Waals surface area contributed by atoms with Crippen LogP contribution in [0.5, 0.6) is 0 Å². The molecule has 0 saturated heterocycles. The maximum absolute atomic E-state index is 13.4. The number of nitrogens with one attached hydrogen (secondary N) is 1. The van der Waals surface area contributed by atoms with Crippen LogP contribution >= 0.6 is 0 Å². The smallest absolute Gasteiger partial charge is 0.273 e. The second-order valence-corrected chi connectivity index (χ2v) is 9.17. The number of benzene rings is 1. The van der Waals surface area contributed by atoms with E-state index < -0.39 is 0 Å². The van der Waals surface area contributed by atoms with E-state index >= 15 is 0 Å². The van der Waals surface area contributed by atoms with Crippen LogP contribution in [0.3, 0.4) is 0 Å². The molecule has 2 heterocycles. The summed E-state index contributed by atoms with van der Waals surface area (Å²) in [5.74, 6) is -0.0846. The molecule has 1 saturated carbocycles. The Bertz CT molecular complexity index is 1040. The summed E-state index contributed by atoms with van der Waals surface area (Å²) in [5.41, 5.74) is 4.10. The molecule has 0 spiro atoms. The third-order valence-corrected chi connectivity index (χ3v) is 7.14. The highest BCUT2D eigenvalue weighted by atomic mass is 16.2. The number of para-hydroxylation sites is 1. The largest absolute Gasteiger partial charge is 0.352 e. The molecule has 0 bridgehead atoms. The number of allylic oxidation sites excluding steroid dienone is 1. The minimum atomic E-state index is -0.0791. The van der Waals surface area contributed by atoms with Gasteiger partial charge in [-0.1, -0.05) is 49.1 Å². The zero-order chi connectivity index (χ0) is 21.2. The van der Waals surface area contributed by atoms with Crippen molar-refractivity contribution in [1.29, 1.82) is 0 Å². The molecule has 5 nitrogen and oxygen atoms in total. The highest BCUT2D eigenvalue weighted by Crippen LogP contribution is 2.34. The minimum absolute atomic E-state index is 0.00550. The van der Waals surface area contributed by atoms with Gasteiger partial charge >= 0.3 is 0 Å². The molecule has 1 N–H and O–H groups in total. The molecule has 2 aromatic rings. The fourth-order valence-electron chi connectivity index (χ4n) is 5.46. The van der Waals surface area contributed by atoms with Gasteiger partial charge < -0.3 is 10.2 Å². The van der Waals surface area contributed by atoms with Gasteiger partial charge in [0.2, 0.25) is 0 Å². The van der Waals surface area contributed by atoms with Crippen LogP contribution < -0.4 is 5.32 Å². The van der Waals surface area contributed by atoms with Crippen molar-refractivity contribution < 1.29 is 9.59 Å². The molecular formula is C26H31N3O2. The Morgan fingerprint density at radius 1 is 1.10 bits per heavy atom. The first-order valence-electron chi connectivity index (χ1n) is 11.9. The molecule has 0 unspecified atom stereocenters. The second kappa shape index (κ2) is 8.81. The summed E-state index contributed by atoms with van der Waals surface area (Å²) in [4.78, 5) is 33.3. The van der Waals surface area contributed by atoms with E-state index in [0.717, 1.165) is 48.6 Å². The Hall–Kier alpha value is -2.69. The molecule has 0 radical (unpaired) electrons. The van der Waals surface area contributed by atoms with Gasteiger partial charge in [0, 0.05) is 30.1 Å². The molecular weight excluding hydrogens is 386 g/mol. The van der Waals surface area contributed by atoms with Gasteiger partial charge in [0.15, 0.2) is 0 Å². The van der Waals surface area contributed by atoms with Gasteiger partial charge in [0.05, 0.1) is 11.1 Å². The molecule has 5 rings (SSSR count). The number of carbonyl (C=O) groups is 2. The first-order valence-corrected chi connectivity index (χ1v) is 11.9. The number of nitrogens with zero attached hydrogens (tertiary/aromatic N) is 2. The summed E-state index contributed by atoms with van der Waals surface area (Å²) in [6.07, 6.45) is 13.8. The highest BCUT2D eigenvalue weighted by molar-refractivity contribution is 6.11. The molecule has 31 heavy (non-hydrogen) atoms. The van der Waals surface area contributed by atoms with Crippen molar-refractivity contribution in [2.24, 2.45) is 0 Å². The van der Waals surface area contributed by atoms with E-state index in [4.69, 9.17) is 4.98 Å². The Morgan fingerprint density at radius 3 is 2.74 bits per heavy atom.